The Morgan fingerprint density at radius 2 is 1.95 bits per heavy atom. The van der Waals surface area contributed by atoms with Crippen LogP contribution in [0.1, 0.15) is 19.4 Å². The van der Waals surface area contributed by atoms with Gasteiger partial charge in [-0.25, -0.2) is 0 Å². The summed E-state index contributed by atoms with van der Waals surface area (Å²) >= 11 is 1.24. The zero-order chi connectivity index (χ0) is 15.9. The van der Waals surface area contributed by atoms with Crippen LogP contribution in [0.5, 0.6) is 0 Å². The van der Waals surface area contributed by atoms with Crippen LogP contribution in [-0.4, -0.2) is 28.1 Å². The van der Waals surface area contributed by atoms with E-state index in [0.717, 1.165) is 5.56 Å². The van der Waals surface area contributed by atoms with E-state index >= 15 is 0 Å². The molecular weight excluding hydrogens is 300 g/mol. The Balaban J connectivity index is 1.96. The highest BCUT2D eigenvalue weighted by Crippen LogP contribution is 2.11. The lowest BCUT2D eigenvalue weighted by molar-refractivity contribution is -0.127. The van der Waals surface area contributed by atoms with E-state index < -0.39 is 6.04 Å². The molecule has 2 amide bonds. The molecule has 0 aliphatic rings. The third-order valence-electron chi connectivity index (χ3n) is 3.06. The number of anilines is 1. The monoisotopic (exact) mass is 318 g/mol. The molecule has 2 N–H and O–H groups in total. The highest BCUT2D eigenvalue weighted by Gasteiger charge is 2.24. The summed E-state index contributed by atoms with van der Waals surface area (Å²) in [6.07, 6.45) is 0.246. The van der Waals surface area contributed by atoms with E-state index in [9.17, 15) is 9.59 Å². The maximum atomic E-state index is 12.3. The molecule has 0 aliphatic carbocycles. The van der Waals surface area contributed by atoms with Gasteiger partial charge in [0.05, 0.1) is 6.42 Å². The number of benzene rings is 1. The first-order valence-electron chi connectivity index (χ1n) is 6.96. The summed E-state index contributed by atoms with van der Waals surface area (Å²) < 4.78 is 0. The second kappa shape index (κ2) is 7.65. The van der Waals surface area contributed by atoms with Gasteiger partial charge in [0, 0.05) is 0 Å². The van der Waals surface area contributed by atoms with E-state index in [2.05, 4.69) is 20.8 Å². The zero-order valence-electron chi connectivity index (χ0n) is 12.4. The number of amides is 2. The molecule has 22 heavy (non-hydrogen) atoms. The lowest BCUT2D eigenvalue weighted by Gasteiger charge is -2.21. The summed E-state index contributed by atoms with van der Waals surface area (Å²) in [6.45, 7) is 3.76. The summed E-state index contributed by atoms with van der Waals surface area (Å²) in [4.78, 5) is 24.4. The molecule has 0 aliphatic heterocycles. The number of carbonyl (C=O) groups is 2. The molecule has 0 spiro atoms. The van der Waals surface area contributed by atoms with Crippen LogP contribution in [0.25, 0.3) is 0 Å². The van der Waals surface area contributed by atoms with Gasteiger partial charge < -0.3 is 5.32 Å². The van der Waals surface area contributed by atoms with Gasteiger partial charge >= 0.3 is 0 Å². The maximum Gasteiger partial charge on any atom is 0.249 e. The van der Waals surface area contributed by atoms with Crippen molar-refractivity contribution in [3.05, 3.63) is 41.4 Å². The van der Waals surface area contributed by atoms with E-state index in [0.29, 0.717) is 5.13 Å². The third-order valence-corrected chi connectivity index (χ3v) is 3.67. The Kier molecular flexibility index (Phi) is 5.60. The zero-order valence-corrected chi connectivity index (χ0v) is 13.3. The molecule has 1 heterocycles. The summed E-state index contributed by atoms with van der Waals surface area (Å²) in [5.74, 6) is -0.502. The number of aromatic nitrogens is 2. The Hall–Kier alpha value is -2.28. The predicted molar refractivity (Wildman–Crippen MR) is 85.5 cm³/mol. The molecule has 7 heteroatoms. The number of rotatable bonds is 6. The molecule has 0 fully saturated rings. The first-order chi connectivity index (χ1) is 10.6. The van der Waals surface area contributed by atoms with Gasteiger partial charge in [0.15, 0.2) is 0 Å². The Bertz CT molecular complexity index is 614. The van der Waals surface area contributed by atoms with Crippen LogP contribution in [0.3, 0.4) is 0 Å². The van der Waals surface area contributed by atoms with Crippen molar-refractivity contribution in [1.82, 2.24) is 15.5 Å². The minimum absolute atomic E-state index is 0.0346. The standard InChI is InChI=1S/C15H18N4O2S/c1-10(2)13(14(21)18-15-19-16-9-22-15)17-12(20)8-11-6-4-3-5-7-11/h3-7,9-10,13H,8H2,1-2H3,(H,17,20)(H,18,19,21). The summed E-state index contributed by atoms with van der Waals surface area (Å²) in [5.41, 5.74) is 2.44. The molecule has 2 rings (SSSR count). The number of nitrogens with zero attached hydrogens (tertiary/aromatic N) is 2. The van der Waals surface area contributed by atoms with Crippen LogP contribution in [0.2, 0.25) is 0 Å². The van der Waals surface area contributed by atoms with Gasteiger partial charge in [0.2, 0.25) is 16.9 Å². The molecular formula is C15H18N4O2S. The molecule has 116 valence electrons. The van der Waals surface area contributed by atoms with Crippen molar-refractivity contribution >= 4 is 28.3 Å². The van der Waals surface area contributed by atoms with Gasteiger partial charge in [-0.15, -0.1) is 10.2 Å². The second-order valence-electron chi connectivity index (χ2n) is 5.18. The fourth-order valence-electron chi connectivity index (χ4n) is 1.95. The lowest BCUT2D eigenvalue weighted by Crippen LogP contribution is -2.47. The van der Waals surface area contributed by atoms with Crippen molar-refractivity contribution in [2.45, 2.75) is 26.3 Å². The van der Waals surface area contributed by atoms with Crippen LogP contribution in [0.15, 0.2) is 35.8 Å². The van der Waals surface area contributed by atoms with E-state index in [1.54, 1.807) is 0 Å². The van der Waals surface area contributed by atoms with Crippen molar-refractivity contribution in [3.8, 4) is 0 Å². The summed E-state index contributed by atoms with van der Waals surface area (Å²) in [7, 11) is 0. The molecule has 1 aromatic heterocycles. The average molecular weight is 318 g/mol. The van der Waals surface area contributed by atoms with E-state index in [-0.39, 0.29) is 24.2 Å². The Morgan fingerprint density at radius 3 is 2.55 bits per heavy atom. The molecule has 0 saturated carbocycles. The summed E-state index contributed by atoms with van der Waals surface area (Å²) in [6, 6.07) is 8.81. The van der Waals surface area contributed by atoms with E-state index in [4.69, 9.17) is 0 Å². The van der Waals surface area contributed by atoms with Crippen LogP contribution >= 0.6 is 11.3 Å². The smallest absolute Gasteiger partial charge is 0.249 e. The number of nitrogens with one attached hydrogen (secondary N) is 2. The van der Waals surface area contributed by atoms with Gasteiger partial charge in [-0.1, -0.05) is 55.5 Å². The third kappa shape index (κ3) is 4.63. The largest absolute Gasteiger partial charge is 0.344 e. The highest BCUT2D eigenvalue weighted by atomic mass is 32.1. The SMILES string of the molecule is CC(C)C(NC(=O)Cc1ccccc1)C(=O)Nc1nncs1. The molecule has 1 aromatic carbocycles. The number of carbonyl (C=O) groups excluding carboxylic acids is 2. The molecule has 0 bridgehead atoms. The topological polar surface area (TPSA) is 84.0 Å². The fraction of sp³-hybridized carbons (Fsp3) is 0.333. The quantitative estimate of drug-likeness (QED) is 0.851. The molecule has 6 nitrogen and oxygen atoms in total. The second-order valence-corrected chi connectivity index (χ2v) is 6.02. The number of hydrogen-bond acceptors (Lipinski definition) is 5. The molecule has 1 unspecified atom stereocenters. The normalized spacial score (nSPS) is 12.0. The molecule has 2 aromatic rings. The predicted octanol–water partition coefficient (Wildman–Crippen LogP) is 1.86. The Morgan fingerprint density at radius 1 is 1.23 bits per heavy atom. The van der Waals surface area contributed by atoms with Crippen LogP contribution < -0.4 is 10.6 Å². The molecule has 0 saturated heterocycles. The van der Waals surface area contributed by atoms with Gasteiger partial charge in [-0.3, -0.25) is 14.9 Å². The minimum atomic E-state index is -0.611. The van der Waals surface area contributed by atoms with Crippen LogP contribution in [0, 0.1) is 5.92 Å². The van der Waals surface area contributed by atoms with Crippen molar-refractivity contribution in [1.29, 1.82) is 0 Å². The average Bonchev–Trinajstić information content (AvgIpc) is 2.98. The highest BCUT2D eigenvalue weighted by molar-refractivity contribution is 7.13. The van der Waals surface area contributed by atoms with Gasteiger partial charge in [-0.2, -0.15) is 0 Å². The fourth-order valence-corrected chi connectivity index (χ4v) is 2.40. The molecule has 0 radical (unpaired) electrons. The first kappa shape index (κ1) is 16.1. The van der Waals surface area contributed by atoms with Gasteiger partial charge in [0.1, 0.15) is 11.6 Å². The maximum absolute atomic E-state index is 12.3. The lowest BCUT2D eigenvalue weighted by atomic mass is 10.0. The van der Waals surface area contributed by atoms with Crippen molar-refractivity contribution < 1.29 is 9.59 Å². The van der Waals surface area contributed by atoms with Gasteiger partial charge in [-0.05, 0) is 11.5 Å². The van der Waals surface area contributed by atoms with Crippen molar-refractivity contribution in [3.63, 3.8) is 0 Å². The first-order valence-corrected chi connectivity index (χ1v) is 7.84. The minimum Gasteiger partial charge on any atom is -0.344 e. The molecule has 1 atom stereocenters. The number of hydrogen-bond donors (Lipinski definition) is 2. The van der Waals surface area contributed by atoms with E-state index in [1.807, 2.05) is 44.2 Å². The Labute approximate surface area is 133 Å². The summed E-state index contributed by atoms with van der Waals surface area (Å²) in [5, 5.41) is 13.3. The van der Waals surface area contributed by atoms with Crippen LogP contribution in [-0.2, 0) is 16.0 Å². The van der Waals surface area contributed by atoms with E-state index in [1.165, 1.54) is 16.8 Å². The van der Waals surface area contributed by atoms with Gasteiger partial charge in [0.25, 0.3) is 0 Å². The van der Waals surface area contributed by atoms with Crippen molar-refractivity contribution in [2.75, 3.05) is 5.32 Å². The van der Waals surface area contributed by atoms with Crippen LogP contribution in [0.4, 0.5) is 5.13 Å². The van der Waals surface area contributed by atoms with Crippen molar-refractivity contribution in [2.24, 2.45) is 5.92 Å².